The maximum absolute atomic E-state index is 6.26. The largest absolute Gasteiger partial charge is 0.370 e. The lowest BCUT2D eigenvalue weighted by Crippen LogP contribution is -2.19. The van der Waals surface area contributed by atoms with Gasteiger partial charge in [0.15, 0.2) is 0 Å². The van der Waals surface area contributed by atoms with Crippen molar-refractivity contribution in [1.82, 2.24) is 9.88 Å². The Hall–Kier alpha value is -1.58. The molecule has 0 saturated carbocycles. The number of benzene rings is 1. The van der Waals surface area contributed by atoms with Gasteiger partial charge in [0.1, 0.15) is 5.82 Å². The fraction of sp³-hybridized carbons (Fsp3) is 0.353. The van der Waals surface area contributed by atoms with Gasteiger partial charge < -0.3 is 5.32 Å². The number of rotatable bonds is 6. The lowest BCUT2D eigenvalue weighted by Gasteiger charge is -2.18. The topological polar surface area (TPSA) is 28.2 Å². The quantitative estimate of drug-likeness (QED) is 0.870. The molecule has 4 heteroatoms. The zero-order valence-electron chi connectivity index (χ0n) is 12.9. The van der Waals surface area contributed by atoms with E-state index < -0.39 is 0 Å². The predicted octanol–water partition coefficient (Wildman–Crippen LogP) is 4.11. The van der Waals surface area contributed by atoms with Gasteiger partial charge in [-0.15, -0.1) is 0 Å². The molecule has 21 heavy (non-hydrogen) atoms. The molecular formula is C17H22ClN3. The van der Waals surface area contributed by atoms with Gasteiger partial charge in [-0.25, -0.2) is 4.98 Å². The number of nitrogens with zero attached hydrogens (tertiary/aromatic N) is 2. The molecule has 1 N–H and O–H groups in total. The highest BCUT2D eigenvalue weighted by atomic mass is 35.5. The number of aryl methyl sites for hydroxylation is 1. The Bertz CT molecular complexity index is 598. The number of hydrogen-bond donors (Lipinski definition) is 1. The second kappa shape index (κ2) is 7.43. The van der Waals surface area contributed by atoms with E-state index in [-0.39, 0.29) is 0 Å². The molecule has 0 unspecified atom stereocenters. The number of hydrogen-bond acceptors (Lipinski definition) is 3. The van der Waals surface area contributed by atoms with Crippen LogP contribution >= 0.6 is 11.6 Å². The maximum atomic E-state index is 6.26. The summed E-state index contributed by atoms with van der Waals surface area (Å²) >= 11 is 6.26. The van der Waals surface area contributed by atoms with Crippen molar-refractivity contribution in [3.8, 4) is 0 Å². The highest BCUT2D eigenvalue weighted by Gasteiger charge is 2.09. The third kappa shape index (κ3) is 4.45. The minimum atomic E-state index is 0.716. The van der Waals surface area contributed by atoms with Crippen molar-refractivity contribution in [3.05, 3.63) is 58.2 Å². The van der Waals surface area contributed by atoms with Crippen LogP contribution in [0, 0.1) is 6.92 Å². The summed E-state index contributed by atoms with van der Waals surface area (Å²) in [6, 6.07) is 12.3. The van der Waals surface area contributed by atoms with E-state index in [2.05, 4.69) is 60.4 Å². The molecule has 3 nitrogen and oxygen atoms in total. The van der Waals surface area contributed by atoms with Crippen molar-refractivity contribution in [1.29, 1.82) is 0 Å². The molecule has 0 saturated heterocycles. The first-order valence-corrected chi connectivity index (χ1v) is 7.60. The molecule has 0 atom stereocenters. The molecule has 0 fully saturated rings. The van der Waals surface area contributed by atoms with E-state index >= 15 is 0 Å². The van der Waals surface area contributed by atoms with Crippen molar-refractivity contribution in [2.24, 2.45) is 0 Å². The average Bonchev–Trinajstić information content (AvgIpc) is 2.45. The molecule has 2 rings (SSSR count). The van der Waals surface area contributed by atoms with Crippen LogP contribution < -0.4 is 5.32 Å². The van der Waals surface area contributed by atoms with Crippen LogP contribution in [0.5, 0.6) is 0 Å². The van der Waals surface area contributed by atoms with Crippen molar-refractivity contribution >= 4 is 17.4 Å². The van der Waals surface area contributed by atoms with Gasteiger partial charge in [0.25, 0.3) is 0 Å². The van der Waals surface area contributed by atoms with E-state index in [9.17, 15) is 0 Å². The van der Waals surface area contributed by atoms with Gasteiger partial charge in [0.05, 0.1) is 10.7 Å². The summed E-state index contributed by atoms with van der Waals surface area (Å²) in [4.78, 5) is 6.81. The minimum absolute atomic E-state index is 0.716. The molecule has 1 heterocycles. The first kappa shape index (κ1) is 15.8. The second-order valence-corrected chi connectivity index (χ2v) is 5.66. The third-order valence-electron chi connectivity index (χ3n) is 3.40. The maximum Gasteiger partial charge on any atom is 0.126 e. The Balaban J connectivity index is 2.07. The van der Waals surface area contributed by atoms with Gasteiger partial charge in [-0.2, -0.15) is 0 Å². The highest BCUT2D eigenvalue weighted by Crippen LogP contribution is 2.19. The fourth-order valence-corrected chi connectivity index (χ4v) is 2.43. The van der Waals surface area contributed by atoms with Crippen molar-refractivity contribution in [2.45, 2.75) is 26.9 Å². The van der Waals surface area contributed by atoms with E-state index in [0.29, 0.717) is 5.02 Å². The van der Waals surface area contributed by atoms with Crippen LogP contribution in [0.25, 0.3) is 0 Å². The molecule has 0 radical (unpaired) electrons. The summed E-state index contributed by atoms with van der Waals surface area (Å²) in [6.07, 6.45) is 0. The number of nitrogens with one attached hydrogen (secondary N) is 1. The molecule has 0 spiro atoms. The SMILES string of the molecule is CCNc1ccc(Cl)c(CN(C)Cc2ccccc2C)n1. The van der Waals surface area contributed by atoms with Crippen LogP contribution in [0.4, 0.5) is 5.82 Å². The predicted molar refractivity (Wildman–Crippen MR) is 89.8 cm³/mol. The standard InChI is InChI=1S/C17H22ClN3/c1-4-19-17-10-9-15(18)16(20-17)12-21(3)11-14-8-6-5-7-13(14)2/h5-10H,4,11-12H2,1-3H3,(H,19,20). The van der Waals surface area contributed by atoms with E-state index in [1.807, 2.05) is 12.1 Å². The summed E-state index contributed by atoms with van der Waals surface area (Å²) < 4.78 is 0. The molecule has 2 aromatic rings. The Morgan fingerprint density at radius 2 is 1.90 bits per heavy atom. The molecule has 0 amide bonds. The lowest BCUT2D eigenvalue weighted by atomic mass is 10.1. The molecule has 112 valence electrons. The Labute approximate surface area is 132 Å². The molecule has 0 bridgehead atoms. The second-order valence-electron chi connectivity index (χ2n) is 5.25. The van der Waals surface area contributed by atoms with Gasteiger partial charge in [-0.05, 0) is 44.2 Å². The average molecular weight is 304 g/mol. The summed E-state index contributed by atoms with van der Waals surface area (Å²) in [7, 11) is 2.09. The monoisotopic (exact) mass is 303 g/mol. The van der Waals surface area contributed by atoms with Gasteiger partial charge in [-0.1, -0.05) is 35.9 Å². The summed E-state index contributed by atoms with van der Waals surface area (Å²) in [5.74, 6) is 0.876. The zero-order chi connectivity index (χ0) is 15.2. The highest BCUT2D eigenvalue weighted by molar-refractivity contribution is 6.31. The van der Waals surface area contributed by atoms with Crippen LogP contribution in [-0.2, 0) is 13.1 Å². The normalized spacial score (nSPS) is 10.9. The van der Waals surface area contributed by atoms with Gasteiger partial charge in [0, 0.05) is 19.6 Å². The van der Waals surface area contributed by atoms with Gasteiger partial charge >= 0.3 is 0 Å². The number of pyridine rings is 1. The molecule has 0 aliphatic heterocycles. The fourth-order valence-electron chi connectivity index (χ4n) is 2.26. The van der Waals surface area contributed by atoms with Crippen LogP contribution in [0.3, 0.4) is 0 Å². The number of aromatic nitrogens is 1. The summed E-state index contributed by atoms with van der Waals surface area (Å²) in [5.41, 5.74) is 3.55. The van der Waals surface area contributed by atoms with E-state index in [0.717, 1.165) is 31.1 Å². The van der Waals surface area contributed by atoms with Crippen LogP contribution in [-0.4, -0.2) is 23.5 Å². The zero-order valence-corrected chi connectivity index (χ0v) is 13.6. The molecule has 1 aromatic heterocycles. The molecule has 0 aliphatic carbocycles. The minimum Gasteiger partial charge on any atom is -0.370 e. The summed E-state index contributed by atoms with van der Waals surface area (Å²) in [5, 5.41) is 3.93. The molecular weight excluding hydrogens is 282 g/mol. The van der Waals surface area contributed by atoms with E-state index in [1.165, 1.54) is 11.1 Å². The molecule has 0 aliphatic rings. The van der Waals surface area contributed by atoms with Crippen LogP contribution in [0.1, 0.15) is 23.7 Å². The Morgan fingerprint density at radius 1 is 1.14 bits per heavy atom. The van der Waals surface area contributed by atoms with Crippen molar-refractivity contribution in [2.75, 3.05) is 18.9 Å². The van der Waals surface area contributed by atoms with Crippen molar-refractivity contribution < 1.29 is 0 Å². The van der Waals surface area contributed by atoms with E-state index in [1.54, 1.807) is 0 Å². The van der Waals surface area contributed by atoms with E-state index in [4.69, 9.17) is 11.6 Å². The van der Waals surface area contributed by atoms with Crippen molar-refractivity contribution in [3.63, 3.8) is 0 Å². The lowest BCUT2D eigenvalue weighted by molar-refractivity contribution is 0.314. The first-order valence-electron chi connectivity index (χ1n) is 7.22. The number of halogens is 1. The Morgan fingerprint density at radius 3 is 2.62 bits per heavy atom. The number of anilines is 1. The Kier molecular flexibility index (Phi) is 5.59. The van der Waals surface area contributed by atoms with Gasteiger partial charge in [-0.3, -0.25) is 4.90 Å². The summed E-state index contributed by atoms with van der Waals surface area (Å²) in [6.45, 7) is 6.66. The smallest absolute Gasteiger partial charge is 0.126 e. The molecule has 1 aromatic carbocycles. The van der Waals surface area contributed by atoms with Gasteiger partial charge in [0.2, 0.25) is 0 Å². The van der Waals surface area contributed by atoms with Crippen LogP contribution in [0.2, 0.25) is 5.02 Å². The first-order chi connectivity index (χ1) is 10.1. The van der Waals surface area contributed by atoms with Crippen LogP contribution in [0.15, 0.2) is 36.4 Å². The third-order valence-corrected chi connectivity index (χ3v) is 3.74.